The zero-order valence-electron chi connectivity index (χ0n) is 11.0. The monoisotopic (exact) mass is 272 g/mol. The normalized spacial score (nSPS) is 24.7. The Labute approximate surface area is 111 Å². The van der Waals surface area contributed by atoms with Gasteiger partial charge < -0.3 is 5.73 Å². The van der Waals surface area contributed by atoms with Crippen molar-refractivity contribution in [3.8, 4) is 0 Å². The number of halogens is 3. The van der Waals surface area contributed by atoms with Gasteiger partial charge in [0.05, 0.1) is 0 Å². The van der Waals surface area contributed by atoms with Crippen LogP contribution in [0.3, 0.4) is 0 Å². The molecule has 0 amide bonds. The lowest BCUT2D eigenvalue weighted by Gasteiger charge is -2.36. The van der Waals surface area contributed by atoms with E-state index in [-0.39, 0.29) is 6.04 Å². The first-order chi connectivity index (χ1) is 9.01. The molecule has 106 valence electrons. The molecule has 0 aliphatic carbocycles. The Balaban J connectivity index is 2.05. The first-order valence-corrected chi connectivity index (χ1v) is 6.62. The zero-order chi connectivity index (χ0) is 14.0. The van der Waals surface area contributed by atoms with Crippen molar-refractivity contribution >= 4 is 0 Å². The first-order valence-electron chi connectivity index (χ1n) is 6.62. The smallest absolute Gasteiger partial charge is 0.194 e. The van der Waals surface area contributed by atoms with E-state index >= 15 is 0 Å². The molecule has 0 spiro atoms. The number of nitrogens with two attached hydrogens (primary N) is 1. The Kier molecular flexibility index (Phi) is 4.47. The molecule has 2 unspecified atom stereocenters. The second-order valence-corrected chi connectivity index (χ2v) is 5.23. The Hall–Kier alpha value is -1.07. The molecule has 2 atom stereocenters. The average Bonchev–Trinajstić information content (AvgIpc) is 2.38. The van der Waals surface area contributed by atoms with Crippen molar-refractivity contribution in [2.24, 2.45) is 11.7 Å². The summed E-state index contributed by atoms with van der Waals surface area (Å²) in [6.07, 6.45) is 1.87. The summed E-state index contributed by atoms with van der Waals surface area (Å²) in [5, 5.41) is 0. The maximum absolute atomic E-state index is 13.1. The number of benzene rings is 1. The van der Waals surface area contributed by atoms with Crippen LogP contribution in [-0.2, 0) is 6.54 Å². The Bertz CT molecular complexity index is 427. The Morgan fingerprint density at radius 3 is 2.47 bits per heavy atom. The molecule has 2 rings (SSSR count). The lowest BCUT2D eigenvalue weighted by atomic mass is 9.90. The van der Waals surface area contributed by atoms with E-state index in [4.69, 9.17) is 5.73 Å². The van der Waals surface area contributed by atoms with E-state index in [2.05, 4.69) is 11.8 Å². The summed E-state index contributed by atoms with van der Waals surface area (Å²) >= 11 is 0. The molecule has 1 aromatic rings. The largest absolute Gasteiger partial charge is 0.327 e. The number of rotatable bonds is 3. The van der Waals surface area contributed by atoms with Crippen molar-refractivity contribution in [1.82, 2.24) is 4.90 Å². The molecular formula is C14H19F3N2. The van der Waals surface area contributed by atoms with E-state index < -0.39 is 17.5 Å². The maximum Gasteiger partial charge on any atom is 0.194 e. The van der Waals surface area contributed by atoms with Gasteiger partial charge >= 0.3 is 0 Å². The Morgan fingerprint density at radius 1 is 1.26 bits per heavy atom. The summed E-state index contributed by atoms with van der Waals surface area (Å²) in [5.74, 6) is -3.26. The molecule has 1 aliphatic rings. The third-order valence-corrected chi connectivity index (χ3v) is 3.85. The van der Waals surface area contributed by atoms with E-state index in [1.165, 1.54) is 0 Å². The molecule has 1 fully saturated rings. The Morgan fingerprint density at radius 2 is 1.89 bits per heavy atom. The van der Waals surface area contributed by atoms with Crippen LogP contribution >= 0.6 is 0 Å². The fourth-order valence-corrected chi connectivity index (χ4v) is 2.66. The minimum atomic E-state index is -1.41. The highest BCUT2D eigenvalue weighted by atomic mass is 19.2. The van der Waals surface area contributed by atoms with Crippen LogP contribution in [0.5, 0.6) is 0 Å². The minimum Gasteiger partial charge on any atom is -0.327 e. The molecule has 1 aliphatic heterocycles. The lowest BCUT2D eigenvalue weighted by molar-refractivity contribution is 0.145. The molecule has 0 aromatic heterocycles. The van der Waals surface area contributed by atoms with Crippen molar-refractivity contribution in [3.05, 3.63) is 35.1 Å². The van der Waals surface area contributed by atoms with Crippen LogP contribution < -0.4 is 5.73 Å². The molecular weight excluding hydrogens is 253 g/mol. The van der Waals surface area contributed by atoms with E-state index in [0.717, 1.165) is 38.1 Å². The van der Waals surface area contributed by atoms with Crippen molar-refractivity contribution < 1.29 is 13.2 Å². The molecule has 2 nitrogen and oxygen atoms in total. The van der Waals surface area contributed by atoms with Gasteiger partial charge in [-0.2, -0.15) is 0 Å². The van der Waals surface area contributed by atoms with Crippen molar-refractivity contribution in [2.75, 3.05) is 13.1 Å². The summed E-state index contributed by atoms with van der Waals surface area (Å²) in [6, 6.07) is 2.32. The van der Waals surface area contributed by atoms with Gasteiger partial charge in [-0.3, -0.25) is 4.90 Å². The summed E-state index contributed by atoms with van der Waals surface area (Å²) in [4.78, 5) is 2.11. The van der Waals surface area contributed by atoms with E-state index in [9.17, 15) is 13.2 Å². The molecule has 1 heterocycles. The highest BCUT2D eigenvalue weighted by molar-refractivity contribution is 5.19. The standard InChI is InChI=1S/C14H19F3N2/c1-2-10-8-19(4-3-13(10)18)7-9-5-11(15)14(17)12(16)6-9/h5-6,10,13H,2-4,7-8,18H2,1H3. The number of hydrogen-bond acceptors (Lipinski definition) is 2. The third-order valence-electron chi connectivity index (χ3n) is 3.85. The van der Waals surface area contributed by atoms with Gasteiger partial charge in [0.25, 0.3) is 0 Å². The molecule has 2 N–H and O–H groups in total. The van der Waals surface area contributed by atoms with Crippen LogP contribution in [0.15, 0.2) is 12.1 Å². The van der Waals surface area contributed by atoms with Gasteiger partial charge in [-0.25, -0.2) is 13.2 Å². The van der Waals surface area contributed by atoms with Crippen LogP contribution in [-0.4, -0.2) is 24.0 Å². The van der Waals surface area contributed by atoms with Crippen LogP contribution in [0, 0.1) is 23.4 Å². The third kappa shape index (κ3) is 3.28. The molecule has 0 saturated carbocycles. The number of likely N-dealkylation sites (tertiary alicyclic amines) is 1. The van der Waals surface area contributed by atoms with Crippen molar-refractivity contribution in [2.45, 2.75) is 32.4 Å². The lowest BCUT2D eigenvalue weighted by Crippen LogP contribution is -2.46. The van der Waals surface area contributed by atoms with Gasteiger partial charge in [-0.05, 0) is 36.6 Å². The van der Waals surface area contributed by atoms with Crippen LogP contribution in [0.1, 0.15) is 25.3 Å². The highest BCUT2D eigenvalue weighted by Gasteiger charge is 2.25. The quantitative estimate of drug-likeness (QED) is 0.857. The second-order valence-electron chi connectivity index (χ2n) is 5.23. The van der Waals surface area contributed by atoms with Gasteiger partial charge in [0.15, 0.2) is 17.5 Å². The number of piperidine rings is 1. The van der Waals surface area contributed by atoms with E-state index in [1.807, 2.05) is 0 Å². The summed E-state index contributed by atoms with van der Waals surface area (Å²) in [5.41, 5.74) is 6.48. The predicted octanol–water partition coefficient (Wildman–Crippen LogP) is 2.66. The molecule has 0 radical (unpaired) electrons. The fraction of sp³-hybridized carbons (Fsp3) is 0.571. The molecule has 19 heavy (non-hydrogen) atoms. The molecule has 0 bridgehead atoms. The molecule has 1 saturated heterocycles. The number of nitrogens with zero attached hydrogens (tertiary/aromatic N) is 1. The van der Waals surface area contributed by atoms with Crippen molar-refractivity contribution in [3.63, 3.8) is 0 Å². The summed E-state index contributed by atoms with van der Waals surface area (Å²) in [7, 11) is 0. The summed E-state index contributed by atoms with van der Waals surface area (Å²) in [6.45, 7) is 4.14. The van der Waals surface area contributed by atoms with Crippen LogP contribution in [0.25, 0.3) is 0 Å². The van der Waals surface area contributed by atoms with E-state index in [1.54, 1.807) is 0 Å². The summed E-state index contributed by atoms with van der Waals surface area (Å²) < 4.78 is 39.2. The van der Waals surface area contributed by atoms with Gasteiger partial charge in [0, 0.05) is 19.1 Å². The topological polar surface area (TPSA) is 29.3 Å². The van der Waals surface area contributed by atoms with Gasteiger partial charge in [-0.1, -0.05) is 13.3 Å². The molecule has 1 aromatic carbocycles. The first kappa shape index (κ1) is 14.3. The van der Waals surface area contributed by atoms with Crippen molar-refractivity contribution in [1.29, 1.82) is 0 Å². The van der Waals surface area contributed by atoms with Crippen LogP contribution in [0.2, 0.25) is 0 Å². The maximum atomic E-state index is 13.1. The zero-order valence-corrected chi connectivity index (χ0v) is 11.0. The minimum absolute atomic E-state index is 0.197. The number of hydrogen-bond donors (Lipinski definition) is 1. The van der Waals surface area contributed by atoms with Gasteiger partial charge in [0.2, 0.25) is 0 Å². The second kappa shape index (κ2) is 5.92. The predicted molar refractivity (Wildman–Crippen MR) is 68.0 cm³/mol. The van der Waals surface area contributed by atoms with Gasteiger partial charge in [0.1, 0.15) is 0 Å². The average molecular weight is 272 g/mol. The SMILES string of the molecule is CCC1CN(Cc2cc(F)c(F)c(F)c2)CCC1N. The molecule has 5 heteroatoms. The van der Waals surface area contributed by atoms with Gasteiger partial charge in [-0.15, -0.1) is 0 Å². The van der Waals surface area contributed by atoms with Crippen LogP contribution in [0.4, 0.5) is 13.2 Å². The fourth-order valence-electron chi connectivity index (χ4n) is 2.66. The highest BCUT2D eigenvalue weighted by Crippen LogP contribution is 2.21. The van der Waals surface area contributed by atoms with E-state index in [0.29, 0.717) is 18.0 Å².